The maximum Gasteiger partial charge on any atom is 0.335 e. The Morgan fingerprint density at radius 2 is 1.90 bits per heavy atom. The molecule has 4 nitrogen and oxygen atoms in total. The van der Waals surface area contributed by atoms with Crippen LogP contribution in [-0.4, -0.2) is 16.9 Å². The first kappa shape index (κ1) is 13.4. The van der Waals surface area contributed by atoms with Crippen molar-refractivity contribution in [3.63, 3.8) is 0 Å². The Balaban J connectivity index is 1.93. The standard InChI is InChI=1S/C17H14O4/c1-10-3-2-4-13-14(18)9-15(21-16(10)13)11-5-7-12(8-6-11)17(19)20/h2-8,15H,9H2,1H3,(H,19,20). The molecular formula is C17H14O4. The van der Waals surface area contributed by atoms with E-state index in [2.05, 4.69) is 0 Å². The van der Waals surface area contributed by atoms with Gasteiger partial charge < -0.3 is 9.84 Å². The number of hydrogen-bond donors (Lipinski definition) is 1. The van der Waals surface area contributed by atoms with Crippen LogP contribution in [0.2, 0.25) is 0 Å². The molecule has 1 atom stereocenters. The summed E-state index contributed by atoms with van der Waals surface area (Å²) in [5, 5.41) is 8.91. The summed E-state index contributed by atoms with van der Waals surface area (Å²) in [7, 11) is 0. The van der Waals surface area contributed by atoms with Crippen molar-refractivity contribution < 1.29 is 19.4 Å². The van der Waals surface area contributed by atoms with Gasteiger partial charge >= 0.3 is 5.97 Å². The Morgan fingerprint density at radius 3 is 2.57 bits per heavy atom. The Morgan fingerprint density at radius 1 is 1.19 bits per heavy atom. The van der Waals surface area contributed by atoms with Crippen molar-refractivity contribution in [1.29, 1.82) is 0 Å². The summed E-state index contributed by atoms with van der Waals surface area (Å²) < 4.78 is 5.95. The van der Waals surface area contributed by atoms with Crippen LogP contribution in [0, 0.1) is 6.92 Å². The Bertz CT molecular complexity index is 716. The smallest absolute Gasteiger partial charge is 0.335 e. The zero-order chi connectivity index (χ0) is 15.0. The van der Waals surface area contributed by atoms with E-state index in [9.17, 15) is 9.59 Å². The van der Waals surface area contributed by atoms with Gasteiger partial charge in [-0.25, -0.2) is 4.79 Å². The van der Waals surface area contributed by atoms with Crippen LogP contribution in [0.25, 0.3) is 0 Å². The molecule has 0 saturated heterocycles. The van der Waals surface area contributed by atoms with Gasteiger partial charge in [0.1, 0.15) is 11.9 Å². The number of fused-ring (bicyclic) bond motifs is 1. The van der Waals surface area contributed by atoms with Crippen molar-refractivity contribution in [3.8, 4) is 5.75 Å². The average molecular weight is 282 g/mol. The van der Waals surface area contributed by atoms with Gasteiger partial charge in [0.05, 0.1) is 17.5 Å². The number of carboxylic acid groups (broad SMARTS) is 1. The summed E-state index contributed by atoms with van der Waals surface area (Å²) in [6.45, 7) is 1.90. The summed E-state index contributed by atoms with van der Waals surface area (Å²) in [6, 6.07) is 12.0. The number of aryl methyl sites for hydroxylation is 1. The fourth-order valence-electron chi connectivity index (χ4n) is 2.52. The number of aromatic carboxylic acids is 1. The highest BCUT2D eigenvalue weighted by atomic mass is 16.5. The summed E-state index contributed by atoms with van der Waals surface area (Å²) in [5.74, 6) is -0.295. The maximum absolute atomic E-state index is 12.2. The number of Topliss-reactive ketones (excluding diaryl/α,β-unsaturated/α-hetero) is 1. The van der Waals surface area contributed by atoms with E-state index in [4.69, 9.17) is 9.84 Å². The maximum atomic E-state index is 12.2. The largest absolute Gasteiger partial charge is 0.484 e. The predicted molar refractivity (Wildman–Crippen MR) is 76.9 cm³/mol. The van der Waals surface area contributed by atoms with Crippen LogP contribution in [0.4, 0.5) is 0 Å². The normalized spacial score (nSPS) is 17.0. The molecule has 1 aliphatic heterocycles. The van der Waals surface area contributed by atoms with E-state index in [0.717, 1.165) is 11.1 Å². The molecule has 0 saturated carbocycles. The van der Waals surface area contributed by atoms with Gasteiger partial charge in [-0.3, -0.25) is 4.79 Å². The lowest BCUT2D eigenvalue weighted by Crippen LogP contribution is -2.21. The van der Waals surface area contributed by atoms with Crippen molar-refractivity contribution in [2.45, 2.75) is 19.4 Å². The average Bonchev–Trinajstić information content (AvgIpc) is 2.48. The molecule has 0 fully saturated rings. The molecule has 0 amide bonds. The summed E-state index contributed by atoms with van der Waals surface area (Å²) in [6.07, 6.45) is -0.1000. The molecule has 0 spiro atoms. The van der Waals surface area contributed by atoms with Gasteiger partial charge in [0.15, 0.2) is 5.78 Å². The van der Waals surface area contributed by atoms with E-state index >= 15 is 0 Å². The summed E-state index contributed by atoms with van der Waals surface area (Å²) in [5.41, 5.74) is 2.57. The minimum atomic E-state index is -0.969. The van der Waals surface area contributed by atoms with Crippen LogP contribution < -0.4 is 4.74 Å². The molecule has 0 bridgehead atoms. The lowest BCUT2D eigenvalue weighted by molar-refractivity contribution is 0.0695. The van der Waals surface area contributed by atoms with Crippen LogP contribution in [-0.2, 0) is 0 Å². The Hall–Kier alpha value is -2.62. The number of carbonyl (C=O) groups excluding carboxylic acids is 1. The van der Waals surface area contributed by atoms with E-state index in [1.807, 2.05) is 19.1 Å². The topological polar surface area (TPSA) is 63.6 Å². The molecule has 0 aromatic heterocycles. The van der Waals surface area contributed by atoms with Gasteiger partial charge in [-0.2, -0.15) is 0 Å². The molecule has 106 valence electrons. The first-order valence-corrected chi connectivity index (χ1v) is 6.69. The quantitative estimate of drug-likeness (QED) is 0.917. The molecule has 1 unspecified atom stereocenters. The van der Waals surface area contributed by atoms with Crippen molar-refractivity contribution in [1.82, 2.24) is 0 Å². The van der Waals surface area contributed by atoms with Crippen LogP contribution >= 0.6 is 0 Å². The summed E-state index contributed by atoms with van der Waals surface area (Å²) in [4.78, 5) is 23.1. The third kappa shape index (κ3) is 2.40. The van der Waals surface area contributed by atoms with E-state index in [-0.39, 0.29) is 23.9 Å². The molecule has 2 aromatic carbocycles. The highest BCUT2D eigenvalue weighted by Crippen LogP contribution is 2.36. The van der Waals surface area contributed by atoms with Gasteiger partial charge in [0.25, 0.3) is 0 Å². The van der Waals surface area contributed by atoms with Crippen molar-refractivity contribution in [2.75, 3.05) is 0 Å². The lowest BCUT2D eigenvalue weighted by Gasteiger charge is -2.26. The number of para-hydroxylation sites is 1. The number of ketones is 1. The van der Waals surface area contributed by atoms with E-state index in [1.165, 1.54) is 12.1 Å². The number of hydrogen-bond acceptors (Lipinski definition) is 3. The van der Waals surface area contributed by atoms with E-state index in [1.54, 1.807) is 18.2 Å². The highest BCUT2D eigenvalue weighted by molar-refractivity contribution is 6.00. The molecule has 2 aromatic rings. The van der Waals surface area contributed by atoms with E-state index in [0.29, 0.717) is 11.3 Å². The van der Waals surface area contributed by atoms with Gasteiger partial charge in [-0.05, 0) is 36.2 Å². The number of ether oxygens (including phenoxy) is 1. The molecule has 21 heavy (non-hydrogen) atoms. The molecule has 0 radical (unpaired) electrons. The Labute approximate surface area is 122 Å². The minimum Gasteiger partial charge on any atom is -0.484 e. The third-order valence-electron chi connectivity index (χ3n) is 3.67. The second-order valence-corrected chi connectivity index (χ2v) is 5.11. The zero-order valence-corrected chi connectivity index (χ0v) is 11.5. The molecule has 1 N–H and O–H groups in total. The van der Waals surface area contributed by atoms with Crippen molar-refractivity contribution >= 4 is 11.8 Å². The van der Waals surface area contributed by atoms with Crippen LogP contribution in [0.1, 0.15) is 44.4 Å². The van der Waals surface area contributed by atoms with Gasteiger partial charge in [-0.1, -0.05) is 24.3 Å². The molecule has 1 heterocycles. The second kappa shape index (κ2) is 5.05. The fraction of sp³-hybridized carbons (Fsp3) is 0.176. The Kier molecular flexibility index (Phi) is 3.22. The number of rotatable bonds is 2. The first-order chi connectivity index (χ1) is 10.1. The number of benzene rings is 2. The zero-order valence-electron chi connectivity index (χ0n) is 11.5. The number of carboxylic acids is 1. The number of carbonyl (C=O) groups is 2. The fourth-order valence-corrected chi connectivity index (χ4v) is 2.52. The first-order valence-electron chi connectivity index (χ1n) is 6.69. The molecule has 3 rings (SSSR count). The van der Waals surface area contributed by atoms with Crippen LogP contribution in [0.3, 0.4) is 0 Å². The van der Waals surface area contributed by atoms with Gasteiger partial charge in [0, 0.05) is 0 Å². The van der Waals surface area contributed by atoms with Gasteiger partial charge in [-0.15, -0.1) is 0 Å². The second-order valence-electron chi connectivity index (χ2n) is 5.11. The van der Waals surface area contributed by atoms with E-state index < -0.39 is 5.97 Å². The molecule has 1 aliphatic rings. The van der Waals surface area contributed by atoms with Crippen LogP contribution in [0.5, 0.6) is 5.75 Å². The van der Waals surface area contributed by atoms with Gasteiger partial charge in [0.2, 0.25) is 0 Å². The minimum absolute atomic E-state index is 0.0484. The molecular weight excluding hydrogens is 268 g/mol. The monoisotopic (exact) mass is 282 g/mol. The lowest BCUT2D eigenvalue weighted by atomic mass is 9.94. The molecule has 0 aliphatic carbocycles. The van der Waals surface area contributed by atoms with Crippen molar-refractivity contribution in [3.05, 3.63) is 64.7 Å². The predicted octanol–water partition coefficient (Wildman–Crippen LogP) is 3.40. The van der Waals surface area contributed by atoms with Crippen LogP contribution in [0.15, 0.2) is 42.5 Å². The highest BCUT2D eigenvalue weighted by Gasteiger charge is 2.28. The summed E-state index contributed by atoms with van der Waals surface area (Å²) >= 11 is 0. The SMILES string of the molecule is Cc1cccc2c1OC(c1ccc(C(=O)O)cc1)CC2=O. The third-order valence-corrected chi connectivity index (χ3v) is 3.67. The van der Waals surface area contributed by atoms with Crippen molar-refractivity contribution in [2.24, 2.45) is 0 Å². The molecule has 4 heteroatoms.